The third-order valence-corrected chi connectivity index (χ3v) is 3.81. The molecule has 3 nitrogen and oxygen atoms in total. The Labute approximate surface area is 100 Å². The van der Waals surface area contributed by atoms with Gasteiger partial charge in [-0.2, -0.15) is 0 Å². The van der Waals surface area contributed by atoms with E-state index in [9.17, 15) is 4.79 Å². The summed E-state index contributed by atoms with van der Waals surface area (Å²) in [6, 6.07) is 6.56. The molecule has 3 rings (SSSR count). The first-order chi connectivity index (χ1) is 8.25. The number of hydrogen-bond donors (Lipinski definition) is 1. The van der Waals surface area contributed by atoms with Gasteiger partial charge in [-0.3, -0.25) is 4.57 Å². The summed E-state index contributed by atoms with van der Waals surface area (Å²) in [5.74, 6) is 0. The molecular formula is C14H18N2O. The molecule has 0 saturated heterocycles. The summed E-state index contributed by atoms with van der Waals surface area (Å²) in [5.41, 5.74) is 3.30. The van der Waals surface area contributed by atoms with Crippen LogP contribution < -0.4 is 5.69 Å². The second-order valence-electron chi connectivity index (χ2n) is 5.11. The van der Waals surface area contributed by atoms with E-state index in [-0.39, 0.29) is 5.69 Å². The van der Waals surface area contributed by atoms with Gasteiger partial charge >= 0.3 is 5.69 Å². The molecule has 0 spiro atoms. The lowest BCUT2D eigenvalue weighted by molar-refractivity contribution is 0.353. The molecule has 0 aliphatic heterocycles. The highest BCUT2D eigenvalue weighted by molar-refractivity contribution is 5.76. The largest absolute Gasteiger partial charge is 0.326 e. The molecule has 0 amide bonds. The van der Waals surface area contributed by atoms with Gasteiger partial charge in [-0.05, 0) is 37.5 Å². The maximum absolute atomic E-state index is 12.1. The second kappa shape index (κ2) is 4.06. The van der Waals surface area contributed by atoms with Crippen LogP contribution in [0.2, 0.25) is 0 Å². The van der Waals surface area contributed by atoms with Gasteiger partial charge in [0.25, 0.3) is 0 Å². The van der Waals surface area contributed by atoms with Crippen molar-refractivity contribution in [2.24, 2.45) is 0 Å². The molecule has 0 radical (unpaired) electrons. The molecule has 1 saturated carbocycles. The number of H-pyrrole nitrogens is 1. The van der Waals surface area contributed by atoms with Crippen molar-refractivity contribution >= 4 is 11.0 Å². The quantitative estimate of drug-likeness (QED) is 0.803. The maximum Gasteiger partial charge on any atom is 0.326 e. The lowest BCUT2D eigenvalue weighted by Crippen LogP contribution is -2.23. The van der Waals surface area contributed by atoms with Gasteiger partial charge in [0.1, 0.15) is 0 Å². The third-order valence-electron chi connectivity index (χ3n) is 3.81. The van der Waals surface area contributed by atoms with E-state index in [1.165, 1.54) is 24.8 Å². The van der Waals surface area contributed by atoms with Crippen molar-refractivity contribution in [1.29, 1.82) is 0 Å². The first kappa shape index (κ1) is 10.6. The van der Waals surface area contributed by atoms with Gasteiger partial charge in [0.15, 0.2) is 0 Å². The van der Waals surface area contributed by atoms with Crippen LogP contribution >= 0.6 is 0 Å². The third kappa shape index (κ3) is 1.79. The van der Waals surface area contributed by atoms with Crippen LogP contribution in [-0.4, -0.2) is 9.55 Å². The lowest BCUT2D eigenvalue weighted by Gasteiger charge is -2.22. The van der Waals surface area contributed by atoms with Crippen LogP contribution in [0.5, 0.6) is 0 Å². The predicted molar refractivity (Wildman–Crippen MR) is 69.4 cm³/mol. The van der Waals surface area contributed by atoms with Gasteiger partial charge in [0, 0.05) is 6.04 Å². The number of nitrogens with zero attached hydrogens (tertiary/aromatic N) is 1. The van der Waals surface area contributed by atoms with Crippen molar-refractivity contribution in [3.8, 4) is 0 Å². The SMILES string of the molecule is Cc1ccc2[nH]c(=O)n(C3CCCCC3)c2c1. The summed E-state index contributed by atoms with van der Waals surface area (Å²) in [4.78, 5) is 15.0. The van der Waals surface area contributed by atoms with Crippen LogP contribution in [0.4, 0.5) is 0 Å². The number of hydrogen-bond acceptors (Lipinski definition) is 1. The number of imidazole rings is 1. The van der Waals surface area contributed by atoms with Gasteiger partial charge < -0.3 is 4.98 Å². The minimum Gasteiger partial charge on any atom is -0.306 e. The molecule has 17 heavy (non-hydrogen) atoms. The summed E-state index contributed by atoms with van der Waals surface area (Å²) < 4.78 is 1.97. The van der Waals surface area contributed by atoms with Crippen molar-refractivity contribution in [2.45, 2.75) is 45.1 Å². The van der Waals surface area contributed by atoms with Gasteiger partial charge in [-0.25, -0.2) is 4.79 Å². The molecule has 1 fully saturated rings. The van der Waals surface area contributed by atoms with Crippen molar-refractivity contribution in [3.05, 3.63) is 34.2 Å². The Bertz CT molecular complexity index is 588. The second-order valence-corrected chi connectivity index (χ2v) is 5.11. The molecule has 2 aromatic rings. The number of aryl methyl sites for hydroxylation is 1. The summed E-state index contributed by atoms with van der Waals surface area (Å²) >= 11 is 0. The zero-order chi connectivity index (χ0) is 11.8. The van der Waals surface area contributed by atoms with E-state index in [1.54, 1.807) is 0 Å². The minimum absolute atomic E-state index is 0.0532. The average molecular weight is 230 g/mol. The number of aromatic nitrogens is 2. The summed E-state index contributed by atoms with van der Waals surface area (Å²) in [7, 11) is 0. The molecule has 1 aliphatic carbocycles. The zero-order valence-electron chi connectivity index (χ0n) is 10.2. The molecule has 3 heteroatoms. The molecule has 1 aliphatic rings. The molecule has 1 aromatic carbocycles. The summed E-state index contributed by atoms with van der Waals surface area (Å²) in [6.07, 6.45) is 6.08. The first-order valence-electron chi connectivity index (χ1n) is 6.46. The van der Waals surface area contributed by atoms with Crippen molar-refractivity contribution in [2.75, 3.05) is 0 Å². The topological polar surface area (TPSA) is 37.8 Å². The highest BCUT2D eigenvalue weighted by Crippen LogP contribution is 2.29. The fraction of sp³-hybridized carbons (Fsp3) is 0.500. The number of rotatable bonds is 1. The lowest BCUT2D eigenvalue weighted by atomic mass is 9.95. The Hall–Kier alpha value is -1.51. The number of nitrogens with one attached hydrogen (secondary N) is 1. The van der Waals surface area contributed by atoms with Crippen molar-refractivity contribution in [3.63, 3.8) is 0 Å². The number of benzene rings is 1. The molecule has 0 bridgehead atoms. The van der Waals surface area contributed by atoms with Crippen LogP contribution in [0.1, 0.15) is 43.7 Å². The minimum atomic E-state index is 0.0532. The molecule has 0 atom stereocenters. The van der Waals surface area contributed by atoms with E-state index in [4.69, 9.17) is 0 Å². The van der Waals surface area contributed by atoms with Crippen molar-refractivity contribution in [1.82, 2.24) is 9.55 Å². The normalized spacial score (nSPS) is 17.7. The zero-order valence-corrected chi connectivity index (χ0v) is 10.2. The Morgan fingerprint density at radius 3 is 2.76 bits per heavy atom. The average Bonchev–Trinajstić information content (AvgIpc) is 2.65. The Kier molecular flexibility index (Phi) is 2.54. The smallest absolute Gasteiger partial charge is 0.306 e. The monoisotopic (exact) mass is 230 g/mol. The van der Waals surface area contributed by atoms with Crippen LogP contribution in [0.15, 0.2) is 23.0 Å². The van der Waals surface area contributed by atoms with Crippen LogP contribution in [-0.2, 0) is 0 Å². The fourth-order valence-corrected chi connectivity index (χ4v) is 2.93. The molecule has 1 aromatic heterocycles. The summed E-state index contributed by atoms with van der Waals surface area (Å²) in [5, 5.41) is 0. The highest BCUT2D eigenvalue weighted by atomic mass is 16.1. The maximum atomic E-state index is 12.1. The van der Waals surface area contributed by atoms with Gasteiger partial charge in [0.2, 0.25) is 0 Å². The van der Waals surface area contributed by atoms with Gasteiger partial charge in [-0.1, -0.05) is 25.3 Å². The van der Waals surface area contributed by atoms with E-state index in [2.05, 4.69) is 18.0 Å². The standard InChI is InChI=1S/C14H18N2O/c1-10-7-8-12-13(9-10)16(14(17)15-12)11-5-3-2-4-6-11/h7-9,11H,2-6H2,1H3,(H,15,17). The van der Waals surface area contributed by atoms with Crippen LogP contribution in [0.3, 0.4) is 0 Å². The fourth-order valence-electron chi connectivity index (χ4n) is 2.93. The van der Waals surface area contributed by atoms with Gasteiger partial charge in [-0.15, -0.1) is 0 Å². The molecule has 1 N–H and O–H groups in total. The van der Waals surface area contributed by atoms with E-state index in [0.29, 0.717) is 6.04 Å². The Balaban J connectivity index is 2.16. The van der Waals surface area contributed by atoms with Gasteiger partial charge in [0.05, 0.1) is 11.0 Å². The van der Waals surface area contributed by atoms with Crippen molar-refractivity contribution < 1.29 is 0 Å². The predicted octanol–water partition coefficient (Wildman–Crippen LogP) is 3.14. The molecule has 90 valence electrons. The number of fused-ring (bicyclic) bond motifs is 1. The molecular weight excluding hydrogens is 212 g/mol. The highest BCUT2D eigenvalue weighted by Gasteiger charge is 2.19. The van der Waals surface area contributed by atoms with E-state index in [0.717, 1.165) is 23.9 Å². The Morgan fingerprint density at radius 2 is 2.00 bits per heavy atom. The van der Waals surface area contributed by atoms with Crippen LogP contribution in [0, 0.1) is 6.92 Å². The molecule has 0 unspecified atom stereocenters. The van der Waals surface area contributed by atoms with E-state index >= 15 is 0 Å². The summed E-state index contributed by atoms with van der Waals surface area (Å²) in [6.45, 7) is 2.07. The van der Waals surface area contributed by atoms with E-state index < -0.39 is 0 Å². The first-order valence-corrected chi connectivity index (χ1v) is 6.46. The molecule has 1 heterocycles. The number of aromatic amines is 1. The van der Waals surface area contributed by atoms with Crippen LogP contribution in [0.25, 0.3) is 11.0 Å². The van der Waals surface area contributed by atoms with E-state index in [1.807, 2.05) is 16.7 Å². The Morgan fingerprint density at radius 1 is 1.24 bits per heavy atom.